The zero-order valence-electron chi connectivity index (χ0n) is 13.2. The molecule has 122 valence electrons. The minimum absolute atomic E-state index is 0.0438. The number of thioether (sulfide) groups is 1. The van der Waals surface area contributed by atoms with Gasteiger partial charge >= 0.3 is 0 Å². The Morgan fingerprint density at radius 3 is 2.71 bits per heavy atom. The van der Waals surface area contributed by atoms with E-state index in [1.807, 2.05) is 37.3 Å². The van der Waals surface area contributed by atoms with E-state index in [9.17, 15) is 4.79 Å². The van der Waals surface area contributed by atoms with Crippen LogP contribution in [0.1, 0.15) is 11.1 Å². The maximum atomic E-state index is 12.1. The molecule has 0 radical (unpaired) electrons. The molecule has 1 amide bonds. The Morgan fingerprint density at radius 1 is 1.17 bits per heavy atom. The lowest BCUT2D eigenvalue weighted by atomic mass is 10.1. The van der Waals surface area contributed by atoms with Crippen LogP contribution in [0.25, 0.3) is 5.82 Å². The normalized spacial score (nSPS) is 10.5. The third-order valence-electron chi connectivity index (χ3n) is 3.32. The van der Waals surface area contributed by atoms with Crippen molar-refractivity contribution >= 4 is 17.7 Å². The minimum Gasteiger partial charge on any atom is -0.351 e. The van der Waals surface area contributed by atoms with Crippen molar-refractivity contribution in [2.45, 2.75) is 18.5 Å². The SMILES string of the molecule is Cc1ccc(CNC(=O)CSc2nccnc2-n2cccn2)cc1. The Balaban J connectivity index is 1.56. The molecule has 0 fully saturated rings. The van der Waals surface area contributed by atoms with Gasteiger partial charge in [0.2, 0.25) is 5.91 Å². The first kappa shape index (κ1) is 16.2. The second kappa shape index (κ2) is 7.74. The molecule has 1 N–H and O–H groups in total. The van der Waals surface area contributed by atoms with E-state index in [4.69, 9.17) is 0 Å². The van der Waals surface area contributed by atoms with E-state index in [0.717, 1.165) is 5.56 Å². The Kier molecular flexibility index (Phi) is 5.22. The first-order valence-electron chi connectivity index (χ1n) is 7.48. The molecule has 0 saturated carbocycles. The van der Waals surface area contributed by atoms with Crippen molar-refractivity contribution in [3.8, 4) is 5.82 Å². The van der Waals surface area contributed by atoms with Gasteiger partial charge in [-0.15, -0.1) is 0 Å². The van der Waals surface area contributed by atoms with Gasteiger partial charge in [-0.2, -0.15) is 5.10 Å². The number of aryl methyl sites for hydroxylation is 1. The van der Waals surface area contributed by atoms with E-state index < -0.39 is 0 Å². The van der Waals surface area contributed by atoms with Crippen molar-refractivity contribution in [3.05, 3.63) is 66.2 Å². The quantitative estimate of drug-likeness (QED) is 0.698. The summed E-state index contributed by atoms with van der Waals surface area (Å²) in [7, 11) is 0. The highest BCUT2D eigenvalue weighted by Gasteiger charge is 2.10. The number of benzene rings is 1. The highest BCUT2D eigenvalue weighted by molar-refractivity contribution is 8.00. The van der Waals surface area contributed by atoms with E-state index in [1.54, 1.807) is 29.5 Å². The van der Waals surface area contributed by atoms with Gasteiger partial charge in [0.05, 0.1) is 5.75 Å². The van der Waals surface area contributed by atoms with Crippen LogP contribution in [0.15, 0.2) is 60.1 Å². The number of amides is 1. The number of nitrogens with one attached hydrogen (secondary N) is 1. The Bertz CT molecular complexity index is 802. The molecule has 24 heavy (non-hydrogen) atoms. The predicted molar refractivity (Wildman–Crippen MR) is 92.9 cm³/mol. The standard InChI is InChI=1S/C17H17N5OS/c1-13-3-5-14(6-4-13)11-20-15(23)12-24-17-16(18-8-9-19-17)22-10-2-7-21-22/h2-10H,11-12H2,1H3,(H,20,23). The molecule has 3 aromatic rings. The molecule has 0 unspecified atom stereocenters. The first-order valence-corrected chi connectivity index (χ1v) is 8.47. The van der Waals surface area contributed by atoms with Gasteiger partial charge in [0.15, 0.2) is 5.82 Å². The lowest BCUT2D eigenvalue weighted by molar-refractivity contribution is -0.118. The second-order valence-electron chi connectivity index (χ2n) is 5.19. The molecule has 2 aromatic heterocycles. The Hall–Kier alpha value is -2.67. The summed E-state index contributed by atoms with van der Waals surface area (Å²) in [5.74, 6) is 0.857. The van der Waals surface area contributed by atoms with E-state index in [2.05, 4.69) is 20.4 Å². The van der Waals surface area contributed by atoms with Crippen LogP contribution in [-0.2, 0) is 11.3 Å². The molecule has 0 saturated heterocycles. The van der Waals surface area contributed by atoms with Crippen molar-refractivity contribution < 1.29 is 4.79 Å². The van der Waals surface area contributed by atoms with Gasteiger partial charge in [-0.1, -0.05) is 41.6 Å². The van der Waals surface area contributed by atoms with Gasteiger partial charge in [0.25, 0.3) is 0 Å². The summed E-state index contributed by atoms with van der Waals surface area (Å²) in [4.78, 5) is 20.6. The van der Waals surface area contributed by atoms with Gasteiger partial charge in [0.1, 0.15) is 5.03 Å². The average Bonchev–Trinajstić information content (AvgIpc) is 3.14. The van der Waals surface area contributed by atoms with Crippen LogP contribution in [0.2, 0.25) is 0 Å². The van der Waals surface area contributed by atoms with Gasteiger partial charge in [-0.05, 0) is 18.6 Å². The molecule has 0 aliphatic heterocycles. The molecule has 0 aliphatic rings. The molecular formula is C17H17N5OS. The van der Waals surface area contributed by atoms with Crippen LogP contribution >= 0.6 is 11.8 Å². The monoisotopic (exact) mass is 339 g/mol. The smallest absolute Gasteiger partial charge is 0.230 e. The predicted octanol–water partition coefficient (Wildman–Crippen LogP) is 2.38. The molecule has 7 heteroatoms. The van der Waals surface area contributed by atoms with Crippen LogP contribution in [-0.4, -0.2) is 31.4 Å². The van der Waals surface area contributed by atoms with E-state index >= 15 is 0 Å². The Labute approximate surface area is 144 Å². The summed E-state index contributed by atoms with van der Waals surface area (Å²) in [6, 6.07) is 9.91. The van der Waals surface area contributed by atoms with Gasteiger partial charge in [0, 0.05) is 31.3 Å². The zero-order chi connectivity index (χ0) is 16.8. The van der Waals surface area contributed by atoms with Crippen molar-refractivity contribution in [2.24, 2.45) is 0 Å². The molecule has 0 atom stereocenters. The number of rotatable bonds is 6. The lowest BCUT2D eigenvalue weighted by Gasteiger charge is -2.08. The fraction of sp³-hybridized carbons (Fsp3) is 0.176. The largest absolute Gasteiger partial charge is 0.351 e. The summed E-state index contributed by atoms with van der Waals surface area (Å²) in [5.41, 5.74) is 2.28. The fourth-order valence-corrected chi connectivity index (χ4v) is 2.84. The zero-order valence-corrected chi connectivity index (χ0v) is 14.0. The number of hydrogen-bond donors (Lipinski definition) is 1. The number of carbonyl (C=O) groups is 1. The molecule has 3 rings (SSSR count). The summed E-state index contributed by atoms with van der Waals surface area (Å²) in [6.45, 7) is 2.56. The van der Waals surface area contributed by atoms with E-state index in [-0.39, 0.29) is 11.7 Å². The highest BCUT2D eigenvalue weighted by Crippen LogP contribution is 2.20. The first-order chi connectivity index (χ1) is 11.7. The maximum Gasteiger partial charge on any atom is 0.230 e. The minimum atomic E-state index is -0.0438. The van der Waals surface area contributed by atoms with Gasteiger partial charge in [-0.25, -0.2) is 14.6 Å². The average molecular weight is 339 g/mol. The van der Waals surface area contributed by atoms with Crippen LogP contribution in [0.4, 0.5) is 0 Å². The summed E-state index contributed by atoms with van der Waals surface area (Å²) >= 11 is 1.34. The van der Waals surface area contributed by atoms with Crippen molar-refractivity contribution in [2.75, 3.05) is 5.75 Å². The molecule has 0 spiro atoms. The Morgan fingerprint density at radius 2 is 1.96 bits per heavy atom. The second-order valence-corrected chi connectivity index (χ2v) is 6.15. The lowest BCUT2D eigenvalue weighted by Crippen LogP contribution is -2.24. The van der Waals surface area contributed by atoms with Crippen molar-refractivity contribution in [1.29, 1.82) is 0 Å². The van der Waals surface area contributed by atoms with Crippen LogP contribution in [0.5, 0.6) is 0 Å². The number of carbonyl (C=O) groups excluding carboxylic acids is 1. The van der Waals surface area contributed by atoms with Gasteiger partial charge in [-0.3, -0.25) is 4.79 Å². The third kappa shape index (κ3) is 4.20. The third-order valence-corrected chi connectivity index (χ3v) is 4.29. The topological polar surface area (TPSA) is 72.7 Å². The van der Waals surface area contributed by atoms with Crippen LogP contribution in [0.3, 0.4) is 0 Å². The molecule has 1 aromatic carbocycles. The van der Waals surface area contributed by atoms with E-state index in [0.29, 0.717) is 17.4 Å². The molecule has 0 bridgehead atoms. The highest BCUT2D eigenvalue weighted by atomic mass is 32.2. The maximum absolute atomic E-state index is 12.1. The molecule has 6 nitrogen and oxygen atoms in total. The van der Waals surface area contributed by atoms with Gasteiger partial charge < -0.3 is 5.32 Å². The van der Waals surface area contributed by atoms with Crippen molar-refractivity contribution in [1.82, 2.24) is 25.1 Å². The molecule has 0 aliphatic carbocycles. The van der Waals surface area contributed by atoms with Crippen molar-refractivity contribution in [3.63, 3.8) is 0 Å². The summed E-state index contributed by atoms with van der Waals surface area (Å²) in [5, 5.41) is 7.74. The molecule has 2 heterocycles. The summed E-state index contributed by atoms with van der Waals surface area (Å²) in [6.07, 6.45) is 6.70. The number of hydrogen-bond acceptors (Lipinski definition) is 5. The number of nitrogens with zero attached hydrogens (tertiary/aromatic N) is 4. The summed E-state index contributed by atoms with van der Waals surface area (Å²) < 4.78 is 1.64. The van der Waals surface area contributed by atoms with Crippen LogP contribution < -0.4 is 5.32 Å². The van der Waals surface area contributed by atoms with E-state index in [1.165, 1.54) is 17.3 Å². The fourth-order valence-electron chi connectivity index (χ4n) is 2.06. The number of aromatic nitrogens is 4. The molecular weight excluding hydrogens is 322 g/mol. The van der Waals surface area contributed by atoms with Crippen LogP contribution in [0, 0.1) is 6.92 Å².